The summed E-state index contributed by atoms with van der Waals surface area (Å²) in [5.74, 6) is 1.16. The van der Waals surface area contributed by atoms with Crippen LogP contribution in [0.4, 0.5) is 5.69 Å². The van der Waals surface area contributed by atoms with Crippen molar-refractivity contribution in [3.05, 3.63) is 59.4 Å². The Balaban J connectivity index is 1.50. The second-order valence-electron chi connectivity index (χ2n) is 5.93. The van der Waals surface area contributed by atoms with Crippen LogP contribution in [0.15, 0.2) is 53.7 Å². The largest absolute Gasteiger partial charge is 0.325 e. The van der Waals surface area contributed by atoms with Crippen molar-refractivity contribution in [3.8, 4) is 0 Å². The van der Waals surface area contributed by atoms with Gasteiger partial charge in [0.05, 0.1) is 16.2 Å². The van der Waals surface area contributed by atoms with Crippen LogP contribution in [0.5, 0.6) is 0 Å². The summed E-state index contributed by atoms with van der Waals surface area (Å²) in [5.41, 5.74) is 2.26. The van der Waals surface area contributed by atoms with Crippen molar-refractivity contribution >= 4 is 51.5 Å². The molecule has 6 nitrogen and oxygen atoms in total. The molecule has 2 aromatic heterocycles. The quantitative estimate of drug-likeness (QED) is 0.400. The minimum Gasteiger partial charge on any atom is -0.325 e. The Kier molecular flexibility index (Phi) is 4.96. The van der Waals surface area contributed by atoms with E-state index >= 15 is 0 Å². The molecule has 0 spiro atoms. The van der Waals surface area contributed by atoms with E-state index in [4.69, 9.17) is 11.6 Å². The van der Waals surface area contributed by atoms with Gasteiger partial charge in [-0.15, -0.1) is 5.10 Å². The first-order valence-corrected chi connectivity index (χ1v) is 9.77. The zero-order valence-electron chi connectivity index (χ0n) is 14.5. The molecule has 0 unspecified atom stereocenters. The maximum Gasteiger partial charge on any atom is 0.225 e. The van der Waals surface area contributed by atoms with Crippen LogP contribution in [0.3, 0.4) is 0 Å². The molecule has 1 amide bonds. The van der Waals surface area contributed by atoms with Gasteiger partial charge in [-0.2, -0.15) is 4.52 Å². The van der Waals surface area contributed by atoms with Crippen molar-refractivity contribution in [1.29, 1.82) is 0 Å². The summed E-state index contributed by atoms with van der Waals surface area (Å²) < 4.78 is 1.74. The molecule has 2 aromatic carbocycles. The molecular weight excluding hydrogens is 382 g/mol. The molecule has 4 aromatic rings. The fourth-order valence-electron chi connectivity index (χ4n) is 2.74. The third-order valence-corrected chi connectivity index (χ3v) is 5.22. The minimum atomic E-state index is -0.0950. The molecule has 27 heavy (non-hydrogen) atoms. The maximum atomic E-state index is 12.2. The molecule has 4 rings (SSSR count). The molecule has 2 heterocycles. The molecule has 0 saturated carbocycles. The van der Waals surface area contributed by atoms with E-state index < -0.39 is 0 Å². The number of nitrogens with zero attached hydrogens (tertiary/aromatic N) is 4. The second kappa shape index (κ2) is 7.54. The standard InChI is InChI=1S/C19H16ClN5OS/c1-12-21-18-13-6-2-4-8-15(13)23-19(25(18)24-12)27-11-10-17(26)22-16-9-5-3-7-14(16)20/h2-9H,10-11H2,1H3,(H,22,26). The summed E-state index contributed by atoms with van der Waals surface area (Å²) in [6, 6.07) is 15.0. The number of amides is 1. The number of aromatic nitrogens is 4. The first-order chi connectivity index (χ1) is 13.1. The van der Waals surface area contributed by atoms with Crippen molar-refractivity contribution < 1.29 is 4.79 Å². The molecule has 0 radical (unpaired) electrons. The number of thioether (sulfide) groups is 1. The van der Waals surface area contributed by atoms with E-state index in [-0.39, 0.29) is 5.91 Å². The zero-order valence-corrected chi connectivity index (χ0v) is 16.1. The summed E-state index contributed by atoms with van der Waals surface area (Å²) >= 11 is 7.55. The van der Waals surface area contributed by atoms with E-state index in [0.29, 0.717) is 28.7 Å². The van der Waals surface area contributed by atoms with E-state index in [1.165, 1.54) is 11.8 Å². The monoisotopic (exact) mass is 397 g/mol. The van der Waals surface area contributed by atoms with E-state index in [2.05, 4.69) is 20.4 Å². The average Bonchev–Trinajstić information content (AvgIpc) is 3.06. The van der Waals surface area contributed by atoms with Crippen LogP contribution in [-0.4, -0.2) is 31.2 Å². The van der Waals surface area contributed by atoms with Crippen LogP contribution in [0.2, 0.25) is 5.02 Å². The number of halogens is 1. The van der Waals surface area contributed by atoms with Crippen molar-refractivity contribution in [1.82, 2.24) is 19.6 Å². The van der Waals surface area contributed by atoms with Crippen molar-refractivity contribution in [2.24, 2.45) is 0 Å². The van der Waals surface area contributed by atoms with Gasteiger partial charge in [-0.3, -0.25) is 4.79 Å². The van der Waals surface area contributed by atoms with Crippen LogP contribution < -0.4 is 5.32 Å². The molecule has 0 saturated heterocycles. The van der Waals surface area contributed by atoms with E-state index in [1.807, 2.05) is 43.3 Å². The van der Waals surface area contributed by atoms with Crippen LogP contribution >= 0.6 is 23.4 Å². The Morgan fingerprint density at radius 3 is 2.78 bits per heavy atom. The molecule has 0 fully saturated rings. The van der Waals surface area contributed by atoms with Crippen LogP contribution in [0.25, 0.3) is 16.6 Å². The Morgan fingerprint density at radius 2 is 1.93 bits per heavy atom. The lowest BCUT2D eigenvalue weighted by Crippen LogP contribution is -2.12. The number of fused-ring (bicyclic) bond motifs is 3. The van der Waals surface area contributed by atoms with Crippen molar-refractivity contribution in [2.45, 2.75) is 18.5 Å². The number of carbonyl (C=O) groups excluding carboxylic acids is 1. The van der Waals surface area contributed by atoms with Crippen LogP contribution in [0, 0.1) is 6.92 Å². The number of benzene rings is 2. The highest BCUT2D eigenvalue weighted by atomic mass is 35.5. The Labute approximate surface area is 165 Å². The first kappa shape index (κ1) is 17.8. The van der Waals surface area contributed by atoms with Gasteiger partial charge in [-0.25, -0.2) is 9.97 Å². The van der Waals surface area contributed by atoms with Gasteiger partial charge in [-0.05, 0) is 31.2 Å². The molecule has 0 aliphatic heterocycles. The van der Waals surface area contributed by atoms with E-state index in [1.54, 1.807) is 16.6 Å². The van der Waals surface area contributed by atoms with E-state index in [0.717, 1.165) is 21.7 Å². The molecule has 136 valence electrons. The summed E-state index contributed by atoms with van der Waals surface area (Å²) in [6.07, 6.45) is 0.333. The lowest BCUT2D eigenvalue weighted by atomic mass is 10.2. The summed E-state index contributed by atoms with van der Waals surface area (Å²) in [4.78, 5) is 21.4. The summed E-state index contributed by atoms with van der Waals surface area (Å²) in [7, 11) is 0. The highest BCUT2D eigenvalue weighted by Crippen LogP contribution is 2.25. The molecule has 0 bridgehead atoms. The SMILES string of the molecule is Cc1nc2c3ccccc3nc(SCCC(=O)Nc3ccccc3Cl)n2n1. The summed E-state index contributed by atoms with van der Waals surface area (Å²) in [5, 5.41) is 9.47. The number of para-hydroxylation sites is 2. The van der Waals surface area contributed by atoms with Gasteiger partial charge >= 0.3 is 0 Å². The topological polar surface area (TPSA) is 72.2 Å². The number of aryl methyl sites for hydroxylation is 1. The normalized spacial score (nSPS) is 11.2. The zero-order chi connectivity index (χ0) is 18.8. The average molecular weight is 398 g/mol. The fraction of sp³-hybridized carbons (Fsp3) is 0.158. The predicted molar refractivity (Wildman–Crippen MR) is 108 cm³/mol. The number of hydrogen-bond acceptors (Lipinski definition) is 5. The number of carbonyl (C=O) groups is 1. The molecule has 8 heteroatoms. The van der Waals surface area contributed by atoms with Gasteiger partial charge in [0.25, 0.3) is 0 Å². The van der Waals surface area contributed by atoms with Crippen molar-refractivity contribution in [3.63, 3.8) is 0 Å². The number of nitrogens with one attached hydrogen (secondary N) is 1. The lowest BCUT2D eigenvalue weighted by molar-refractivity contribution is -0.115. The second-order valence-corrected chi connectivity index (χ2v) is 7.40. The highest BCUT2D eigenvalue weighted by Gasteiger charge is 2.13. The summed E-state index contributed by atoms with van der Waals surface area (Å²) in [6.45, 7) is 1.85. The highest BCUT2D eigenvalue weighted by molar-refractivity contribution is 7.99. The Morgan fingerprint density at radius 1 is 1.15 bits per heavy atom. The lowest BCUT2D eigenvalue weighted by Gasteiger charge is -2.08. The van der Waals surface area contributed by atoms with Gasteiger partial charge in [0.15, 0.2) is 10.8 Å². The van der Waals surface area contributed by atoms with Gasteiger partial charge in [-0.1, -0.05) is 47.6 Å². The van der Waals surface area contributed by atoms with Gasteiger partial charge < -0.3 is 5.32 Å². The number of rotatable bonds is 5. The van der Waals surface area contributed by atoms with Gasteiger partial charge in [0.1, 0.15) is 5.82 Å². The number of anilines is 1. The van der Waals surface area contributed by atoms with Gasteiger partial charge in [0, 0.05) is 17.6 Å². The fourth-order valence-corrected chi connectivity index (χ4v) is 3.80. The van der Waals surface area contributed by atoms with Crippen molar-refractivity contribution in [2.75, 3.05) is 11.1 Å². The van der Waals surface area contributed by atoms with Crippen LogP contribution in [0.1, 0.15) is 12.2 Å². The first-order valence-electron chi connectivity index (χ1n) is 8.41. The maximum absolute atomic E-state index is 12.2. The van der Waals surface area contributed by atoms with Crippen LogP contribution in [-0.2, 0) is 4.79 Å². The van der Waals surface area contributed by atoms with Gasteiger partial charge in [0.2, 0.25) is 5.91 Å². The third kappa shape index (κ3) is 3.74. The smallest absolute Gasteiger partial charge is 0.225 e. The molecule has 0 aliphatic carbocycles. The molecular formula is C19H16ClN5OS. The molecule has 0 aliphatic rings. The minimum absolute atomic E-state index is 0.0950. The Hall–Kier alpha value is -2.64. The van der Waals surface area contributed by atoms with E-state index in [9.17, 15) is 4.79 Å². The number of hydrogen-bond donors (Lipinski definition) is 1. The third-order valence-electron chi connectivity index (χ3n) is 3.96. The molecule has 1 N–H and O–H groups in total. The predicted octanol–water partition coefficient (Wildman–Crippen LogP) is 4.36. The molecule has 0 atom stereocenters. The Bertz CT molecular complexity index is 1140.